The maximum absolute atomic E-state index is 12.4. The molecule has 0 saturated carbocycles. The molecular weight excluding hydrogens is 310 g/mol. The first kappa shape index (κ1) is 17.3. The van der Waals surface area contributed by atoms with Crippen LogP contribution < -0.4 is 10.6 Å². The Bertz CT molecular complexity index is 659. The van der Waals surface area contributed by atoms with Crippen molar-refractivity contribution in [3.8, 4) is 0 Å². The average molecular weight is 332 g/mol. The van der Waals surface area contributed by atoms with Gasteiger partial charge in [-0.25, -0.2) is 0 Å². The number of amides is 1. The normalized spacial score (nSPS) is 12.0. The lowest BCUT2D eigenvalue weighted by Gasteiger charge is -2.19. The van der Waals surface area contributed by atoms with Gasteiger partial charge in [0.05, 0.1) is 10.6 Å². The van der Waals surface area contributed by atoms with E-state index in [2.05, 4.69) is 36.4 Å². The molecule has 4 nitrogen and oxygen atoms in total. The van der Waals surface area contributed by atoms with Crippen molar-refractivity contribution in [2.45, 2.75) is 33.4 Å². The predicted molar refractivity (Wildman–Crippen MR) is 94.8 cm³/mol. The van der Waals surface area contributed by atoms with Gasteiger partial charge in [-0.3, -0.25) is 9.78 Å². The van der Waals surface area contributed by atoms with Crippen LogP contribution >= 0.6 is 11.6 Å². The van der Waals surface area contributed by atoms with Crippen molar-refractivity contribution in [1.82, 2.24) is 10.3 Å². The maximum atomic E-state index is 12.4. The minimum atomic E-state index is -0.187. The Balaban J connectivity index is 2.07. The summed E-state index contributed by atoms with van der Waals surface area (Å²) >= 11 is 6.17. The van der Waals surface area contributed by atoms with E-state index < -0.39 is 0 Å². The van der Waals surface area contributed by atoms with Gasteiger partial charge in [-0.15, -0.1) is 0 Å². The second-order valence-corrected chi connectivity index (χ2v) is 6.32. The second kappa shape index (κ2) is 7.97. The molecule has 0 aliphatic carbocycles. The molecule has 122 valence electrons. The Morgan fingerprint density at radius 2 is 1.87 bits per heavy atom. The third kappa shape index (κ3) is 4.96. The third-order valence-electron chi connectivity index (χ3n) is 3.81. The number of hydrogen-bond donors (Lipinski definition) is 2. The molecule has 0 aliphatic heterocycles. The molecule has 0 fully saturated rings. The summed E-state index contributed by atoms with van der Waals surface area (Å²) in [5.41, 5.74) is 2.36. The molecule has 0 bridgehead atoms. The predicted octanol–water partition coefficient (Wildman–Crippen LogP) is 4.12. The summed E-state index contributed by atoms with van der Waals surface area (Å²) < 4.78 is 0. The highest BCUT2D eigenvalue weighted by atomic mass is 35.5. The lowest BCUT2D eigenvalue weighted by atomic mass is 10.1. The largest absolute Gasteiger partial charge is 0.382 e. The van der Waals surface area contributed by atoms with Gasteiger partial charge in [-0.05, 0) is 48.7 Å². The lowest BCUT2D eigenvalue weighted by molar-refractivity contribution is 0.0951. The minimum absolute atomic E-state index is 0.187. The van der Waals surface area contributed by atoms with Crippen molar-refractivity contribution in [2.24, 2.45) is 5.92 Å². The molecule has 2 rings (SSSR count). The summed E-state index contributed by atoms with van der Waals surface area (Å²) in [6, 6.07) is 9.47. The number of halogens is 1. The van der Waals surface area contributed by atoms with E-state index in [0.29, 0.717) is 29.1 Å². The average Bonchev–Trinajstić information content (AvgIpc) is 2.55. The monoisotopic (exact) mass is 331 g/mol. The van der Waals surface area contributed by atoms with Crippen molar-refractivity contribution >= 4 is 23.2 Å². The molecule has 1 heterocycles. The van der Waals surface area contributed by atoms with Gasteiger partial charge in [-0.2, -0.15) is 0 Å². The number of pyridine rings is 1. The molecule has 1 aromatic carbocycles. The van der Waals surface area contributed by atoms with Gasteiger partial charge in [0.1, 0.15) is 0 Å². The zero-order chi connectivity index (χ0) is 16.8. The van der Waals surface area contributed by atoms with Gasteiger partial charge in [0.2, 0.25) is 0 Å². The number of hydrogen-bond acceptors (Lipinski definition) is 3. The Morgan fingerprint density at radius 3 is 2.52 bits per heavy atom. The van der Waals surface area contributed by atoms with E-state index in [4.69, 9.17) is 11.6 Å². The van der Waals surface area contributed by atoms with Crippen LogP contribution in [0.2, 0.25) is 5.02 Å². The van der Waals surface area contributed by atoms with Crippen molar-refractivity contribution in [2.75, 3.05) is 5.32 Å². The third-order valence-corrected chi connectivity index (χ3v) is 4.14. The highest BCUT2D eigenvalue weighted by molar-refractivity contribution is 6.34. The Morgan fingerprint density at radius 1 is 1.17 bits per heavy atom. The zero-order valence-corrected chi connectivity index (χ0v) is 14.4. The molecule has 0 radical (unpaired) electrons. The number of anilines is 1. The van der Waals surface area contributed by atoms with Crippen LogP contribution in [0, 0.1) is 5.92 Å². The summed E-state index contributed by atoms with van der Waals surface area (Å²) in [6.45, 7) is 6.85. The molecular formula is C18H22ClN3O. The number of carbonyl (C=O) groups excluding carboxylic acids is 1. The highest BCUT2D eigenvalue weighted by Crippen LogP contribution is 2.22. The standard InChI is InChI=1S/C18H22ClN3O/c1-12(2)13(3)22-15-4-5-17(19)16(10-15)18(23)21-11-14-6-8-20-9-7-14/h4-10,12-13,22H,11H2,1-3H3,(H,21,23)/t13-/m0/s1. The molecule has 0 saturated heterocycles. The van der Waals surface area contributed by atoms with Crippen LogP contribution in [0.1, 0.15) is 36.7 Å². The molecule has 1 aromatic heterocycles. The first-order valence-electron chi connectivity index (χ1n) is 7.70. The number of benzene rings is 1. The van der Waals surface area contributed by atoms with Crippen LogP contribution in [-0.4, -0.2) is 16.9 Å². The van der Waals surface area contributed by atoms with Crippen LogP contribution in [0.5, 0.6) is 0 Å². The van der Waals surface area contributed by atoms with Crippen LogP contribution in [0.25, 0.3) is 0 Å². The second-order valence-electron chi connectivity index (χ2n) is 5.91. The summed E-state index contributed by atoms with van der Waals surface area (Å²) in [6.07, 6.45) is 3.40. The molecule has 0 spiro atoms. The van der Waals surface area contributed by atoms with Gasteiger partial charge < -0.3 is 10.6 Å². The SMILES string of the molecule is CC(C)[C@H](C)Nc1ccc(Cl)c(C(=O)NCc2ccncc2)c1. The Labute approximate surface area is 142 Å². The summed E-state index contributed by atoms with van der Waals surface area (Å²) in [5.74, 6) is 0.308. The van der Waals surface area contributed by atoms with E-state index in [0.717, 1.165) is 11.3 Å². The van der Waals surface area contributed by atoms with E-state index in [1.165, 1.54) is 0 Å². The Kier molecular flexibility index (Phi) is 5.99. The molecule has 1 amide bonds. The van der Waals surface area contributed by atoms with Crippen molar-refractivity contribution in [3.05, 3.63) is 58.9 Å². The first-order valence-corrected chi connectivity index (χ1v) is 8.08. The van der Waals surface area contributed by atoms with Crippen molar-refractivity contribution in [1.29, 1.82) is 0 Å². The summed E-state index contributed by atoms with van der Waals surface area (Å²) in [4.78, 5) is 16.3. The number of carbonyl (C=O) groups is 1. The van der Waals surface area contributed by atoms with Crippen LogP contribution in [0.4, 0.5) is 5.69 Å². The van der Waals surface area contributed by atoms with Gasteiger partial charge >= 0.3 is 0 Å². The Hall–Kier alpha value is -2.07. The van der Waals surface area contributed by atoms with Crippen molar-refractivity contribution < 1.29 is 4.79 Å². The summed E-state index contributed by atoms with van der Waals surface area (Å²) in [5, 5.41) is 6.72. The van der Waals surface area contributed by atoms with E-state index in [9.17, 15) is 4.79 Å². The van der Waals surface area contributed by atoms with Crippen molar-refractivity contribution in [3.63, 3.8) is 0 Å². The molecule has 0 unspecified atom stereocenters. The molecule has 1 atom stereocenters. The van der Waals surface area contributed by atoms with Crippen LogP contribution in [-0.2, 0) is 6.54 Å². The van der Waals surface area contributed by atoms with E-state index in [1.54, 1.807) is 24.5 Å². The molecule has 23 heavy (non-hydrogen) atoms. The van der Waals surface area contributed by atoms with E-state index in [-0.39, 0.29) is 5.91 Å². The molecule has 0 aliphatic rings. The molecule has 2 N–H and O–H groups in total. The van der Waals surface area contributed by atoms with Gasteiger partial charge in [-0.1, -0.05) is 25.4 Å². The number of nitrogens with zero attached hydrogens (tertiary/aromatic N) is 1. The van der Waals surface area contributed by atoms with E-state index in [1.807, 2.05) is 18.2 Å². The zero-order valence-electron chi connectivity index (χ0n) is 13.6. The fraction of sp³-hybridized carbons (Fsp3) is 0.333. The van der Waals surface area contributed by atoms with E-state index >= 15 is 0 Å². The maximum Gasteiger partial charge on any atom is 0.253 e. The minimum Gasteiger partial charge on any atom is -0.382 e. The summed E-state index contributed by atoms with van der Waals surface area (Å²) in [7, 11) is 0. The quantitative estimate of drug-likeness (QED) is 0.837. The smallest absolute Gasteiger partial charge is 0.253 e. The van der Waals surface area contributed by atoms with Gasteiger partial charge in [0.25, 0.3) is 5.91 Å². The molecule has 2 aromatic rings. The highest BCUT2D eigenvalue weighted by Gasteiger charge is 2.13. The molecule has 5 heteroatoms. The lowest BCUT2D eigenvalue weighted by Crippen LogP contribution is -2.24. The number of aromatic nitrogens is 1. The first-order chi connectivity index (χ1) is 11.0. The van der Waals surface area contributed by atoms with Crippen LogP contribution in [0.3, 0.4) is 0 Å². The van der Waals surface area contributed by atoms with Gasteiger partial charge in [0, 0.05) is 30.7 Å². The number of rotatable bonds is 6. The fourth-order valence-corrected chi connectivity index (χ4v) is 2.20. The number of nitrogens with one attached hydrogen (secondary N) is 2. The van der Waals surface area contributed by atoms with Gasteiger partial charge in [0.15, 0.2) is 0 Å². The van der Waals surface area contributed by atoms with Crippen LogP contribution in [0.15, 0.2) is 42.7 Å². The topological polar surface area (TPSA) is 54.0 Å². The fourth-order valence-electron chi connectivity index (χ4n) is 2.00.